The molecule has 3 nitrogen and oxygen atoms in total. The molecular formula is C14H19NO2. The molecule has 2 N–H and O–H groups in total. The van der Waals surface area contributed by atoms with Crippen LogP contribution < -0.4 is 5.73 Å². The van der Waals surface area contributed by atoms with Crippen LogP contribution in [0.1, 0.15) is 24.0 Å². The van der Waals surface area contributed by atoms with Gasteiger partial charge in [-0.2, -0.15) is 0 Å². The van der Waals surface area contributed by atoms with Crippen molar-refractivity contribution < 1.29 is 9.53 Å². The van der Waals surface area contributed by atoms with Crippen molar-refractivity contribution in [3.63, 3.8) is 0 Å². The third kappa shape index (κ3) is 3.07. The molecule has 1 heterocycles. The number of anilines is 1. The van der Waals surface area contributed by atoms with E-state index < -0.39 is 0 Å². The first kappa shape index (κ1) is 12.1. The highest BCUT2D eigenvalue weighted by atomic mass is 16.5. The van der Waals surface area contributed by atoms with Crippen LogP contribution in [-0.2, 0) is 16.0 Å². The summed E-state index contributed by atoms with van der Waals surface area (Å²) in [5, 5.41) is 0. The second-order valence-corrected chi connectivity index (χ2v) is 4.73. The molecule has 0 aromatic heterocycles. The highest BCUT2D eigenvalue weighted by Crippen LogP contribution is 2.21. The Morgan fingerprint density at radius 1 is 1.41 bits per heavy atom. The van der Waals surface area contributed by atoms with Gasteiger partial charge in [-0.15, -0.1) is 0 Å². The Morgan fingerprint density at radius 3 is 2.76 bits per heavy atom. The molecule has 0 amide bonds. The molecule has 1 saturated heterocycles. The number of carbonyl (C=O) groups excluding carboxylic acids is 1. The number of ketones is 1. The Morgan fingerprint density at radius 2 is 2.12 bits per heavy atom. The van der Waals surface area contributed by atoms with Crippen molar-refractivity contribution in [3.05, 3.63) is 29.3 Å². The molecule has 92 valence electrons. The number of nitrogen functional groups attached to an aromatic ring is 1. The van der Waals surface area contributed by atoms with Gasteiger partial charge in [0.05, 0.1) is 0 Å². The summed E-state index contributed by atoms with van der Waals surface area (Å²) >= 11 is 0. The molecule has 0 unspecified atom stereocenters. The van der Waals surface area contributed by atoms with Gasteiger partial charge >= 0.3 is 0 Å². The lowest BCUT2D eigenvalue weighted by atomic mass is 9.91. The predicted molar refractivity (Wildman–Crippen MR) is 67.8 cm³/mol. The van der Waals surface area contributed by atoms with Gasteiger partial charge < -0.3 is 10.5 Å². The number of aryl methyl sites for hydroxylation is 1. The molecule has 3 heteroatoms. The van der Waals surface area contributed by atoms with Gasteiger partial charge in [0.1, 0.15) is 5.78 Å². The molecule has 1 aromatic rings. The van der Waals surface area contributed by atoms with Crippen molar-refractivity contribution in [1.82, 2.24) is 0 Å². The third-order valence-corrected chi connectivity index (χ3v) is 3.34. The molecule has 1 aromatic carbocycles. The number of Topliss-reactive ketones (excluding diaryl/α,β-unsaturated/α-hetero) is 1. The van der Waals surface area contributed by atoms with Crippen LogP contribution in [0.2, 0.25) is 0 Å². The maximum absolute atomic E-state index is 12.1. The lowest BCUT2D eigenvalue weighted by Gasteiger charge is -2.21. The van der Waals surface area contributed by atoms with Crippen LogP contribution in [0.15, 0.2) is 18.2 Å². The van der Waals surface area contributed by atoms with E-state index in [1.165, 1.54) is 0 Å². The second-order valence-electron chi connectivity index (χ2n) is 4.73. The van der Waals surface area contributed by atoms with Crippen LogP contribution in [0.25, 0.3) is 0 Å². The van der Waals surface area contributed by atoms with E-state index in [4.69, 9.17) is 10.5 Å². The summed E-state index contributed by atoms with van der Waals surface area (Å²) in [4.78, 5) is 12.1. The summed E-state index contributed by atoms with van der Waals surface area (Å²) in [6.07, 6.45) is 2.16. The van der Waals surface area contributed by atoms with Crippen LogP contribution in [0.5, 0.6) is 0 Å². The Kier molecular flexibility index (Phi) is 3.79. The number of benzene rings is 1. The van der Waals surface area contributed by atoms with Crippen molar-refractivity contribution >= 4 is 11.5 Å². The van der Waals surface area contributed by atoms with E-state index in [-0.39, 0.29) is 5.92 Å². The van der Waals surface area contributed by atoms with Crippen molar-refractivity contribution in [2.24, 2.45) is 5.92 Å². The minimum atomic E-state index is 0.157. The van der Waals surface area contributed by atoms with Crippen LogP contribution in [0.3, 0.4) is 0 Å². The third-order valence-electron chi connectivity index (χ3n) is 3.34. The second kappa shape index (κ2) is 5.32. The first-order valence-corrected chi connectivity index (χ1v) is 6.12. The fourth-order valence-corrected chi connectivity index (χ4v) is 2.23. The van der Waals surface area contributed by atoms with Gasteiger partial charge in [0, 0.05) is 31.2 Å². The molecule has 0 radical (unpaired) electrons. The van der Waals surface area contributed by atoms with Crippen LogP contribution in [0, 0.1) is 12.8 Å². The van der Waals surface area contributed by atoms with Crippen LogP contribution in [0.4, 0.5) is 5.69 Å². The van der Waals surface area contributed by atoms with E-state index in [9.17, 15) is 4.79 Å². The number of nitrogens with two attached hydrogens (primary N) is 1. The maximum atomic E-state index is 12.1. The van der Waals surface area contributed by atoms with E-state index in [1.807, 2.05) is 25.1 Å². The molecule has 1 fully saturated rings. The van der Waals surface area contributed by atoms with Gasteiger partial charge in [-0.25, -0.2) is 0 Å². The van der Waals surface area contributed by atoms with E-state index in [0.29, 0.717) is 25.4 Å². The zero-order valence-corrected chi connectivity index (χ0v) is 10.2. The van der Waals surface area contributed by atoms with E-state index in [0.717, 1.165) is 29.7 Å². The summed E-state index contributed by atoms with van der Waals surface area (Å²) in [5.41, 5.74) is 8.73. The van der Waals surface area contributed by atoms with Crippen molar-refractivity contribution in [1.29, 1.82) is 0 Å². The zero-order valence-electron chi connectivity index (χ0n) is 10.2. The smallest absolute Gasteiger partial charge is 0.140 e. The fraction of sp³-hybridized carbons (Fsp3) is 0.500. The van der Waals surface area contributed by atoms with Gasteiger partial charge in [-0.1, -0.05) is 12.1 Å². The Balaban J connectivity index is 2.02. The molecule has 1 aliphatic heterocycles. The monoisotopic (exact) mass is 233 g/mol. The number of carbonyl (C=O) groups is 1. The van der Waals surface area contributed by atoms with Gasteiger partial charge in [0.2, 0.25) is 0 Å². The highest BCUT2D eigenvalue weighted by molar-refractivity contribution is 5.84. The molecular weight excluding hydrogens is 214 g/mol. The number of hydrogen-bond donors (Lipinski definition) is 1. The van der Waals surface area contributed by atoms with Gasteiger partial charge in [0.25, 0.3) is 0 Å². The molecule has 2 rings (SSSR count). The SMILES string of the molecule is Cc1ccc(CC(=O)C2CCOCC2)c(N)c1. The highest BCUT2D eigenvalue weighted by Gasteiger charge is 2.21. The quantitative estimate of drug-likeness (QED) is 0.813. The first-order valence-electron chi connectivity index (χ1n) is 6.12. The van der Waals surface area contributed by atoms with Crippen LogP contribution in [-0.4, -0.2) is 19.0 Å². The lowest BCUT2D eigenvalue weighted by Crippen LogP contribution is -2.25. The number of ether oxygens (including phenoxy) is 1. The van der Waals surface area contributed by atoms with E-state index in [1.54, 1.807) is 0 Å². The Labute approximate surface area is 102 Å². The Hall–Kier alpha value is -1.35. The minimum absolute atomic E-state index is 0.157. The average Bonchev–Trinajstić information content (AvgIpc) is 2.34. The van der Waals surface area contributed by atoms with Gasteiger partial charge in [-0.3, -0.25) is 4.79 Å². The van der Waals surface area contributed by atoms with Gasteiger partial charge in [-0.05, 0) is 37.0 Å². The molecule has 17 heavy (non-hydrogen) atoms. The molecule has 0 bridgehead atoms. The lowest BCUT2D eigenvalue weighted by molar-refractivity contribution is -0.125. The molecule has 0 saturated carbocycles. The predicted octanol–water partition coefficient (Wildman–Crippen LogP) is 2.12. The molecule has 0 aliphatic carbocycles. The van der Waals surface area contributed by atoms with Crippen molar-refractivity contribution in [3.8, 4) is 0 Å². The zero-order chi connectivity index (χ0) is 12.3. The summed E-state index contributed by atoms with van der Waals surface area (Å²) in [7, 11) is 0. The summed E-state index contributed by atoms with van der Waals surface area (Å²) in [6, 6.07) is 5.89. The maximum Gasteiger partial charge on any atom is 0.140 e. The number of rotatable bonds is 3. The summed E-state index contributed by atoms with van der Waals surface area (Å²) < 4.78 is 5.26. The van der Waals surface area contributed by atoms with Crippen molar-refractivity contribution in [2.45, 2.75) is 26.2 Å². The minimum Gasteiger partial charge on any atom is -0.398 e. The summed E-state index contributed by atoms with van der Waals surface area (Å²) in [6.45, 7) is 3.42. The standard InChI is InChI=1S/C14H19NO2/c1-10-2-3-12(13(15)8-10)9-14(16)11-4-6-17-7-5-11/h2-3,8,11H,4-7,9,15H2,1H3. The summed E-state index contributed by atoms with van der Waals surface area (Å²) in [5.74, 6) is 0.452. The van der Waals surface area contributed by atoms with Crippen molar-refractivity contribution in [2.75, 3.05) is 18.9 Å². The topological polar surface area (TPSA) is 52.3 Å². The van der Waals surface area contributed by atoms with Crippen LogP contribution >= 0.6 is 0 Å². The first-order chi connectivity index (χ1) is 8.16. The van der Waals surface area contributed by atoms with E-state index in [2.05, 4.69) is 0 Å². The largest absolute Gasteiger partial charge is 0.398 e. The fourth-order valence-electron chi connectivity index (χ4n) is 2.23. The number of hydrogen-bond acceptors (Lipinski definition) is 3. The molecule has 0 spiro atoms. The average molecular weight is 233 g/mol. The Bertz CT molecular complexity index is 409. The normalized spacial score (nSPS) is 17.0. The molecule has 0 atom stereocenters. The van der Waals surface area contributed by atoms with Gasteiger partial charge in [0.15, 0.2) is 0 Å². The molecule has 1 aliphatic rings. The van der Waals surface area contributed by atoms with E-state index >= 15 is 0 Å².